The Morgan fingerprint density at radius 1 is 1.10 bits per heavy atom. The van der Waals surface area contributed by atoms with Gasteiger partial charge in [0.15, 0.2) is 6.17 Å². The topological polar surface area (TPSA) is 144 Å². The number of aromatic amines is 1. The maximum absolute atomic E-state index is 11.0. The summed E-state index contributed by atoms with van der Waals surface area (Å²) < 4.78 is 4.55. The van der Waals surface area contributed by atoms with Gasteiger partial charge in [-0.3, -0.25) is 9.59 Å². The largest absolute Gasteiger partial charge is 0.410 e. The van der Waals surface area contributed by atoms with E-state index in [-0.39, 0.29) is 6.54 Å². The van der Waals surface area contributed by atoms with Crippen molar-refractivity contribution in [2.45, 2.75) is 38.4 Å². The van der Waals surface area contributed by atoms with Crippen LogP contribution >= 0.6 is 0 Å². The summed E-state index contributed by atoms with van der Waals surface area (Å²) in [6.45, 7) is 0.198. The van der Waals surface area contributed by atoms with Crippen LogP contribution in [-0.4, -0.2) is 28.3 Å². The number of nitrogens with one attached hydrogen (secondary N) is 1. The van der Waals surface area contributed by atoms with E-state index >= 15 is 0 Å². The Balaban J connectivity index is 2.43. The lowest BCUT2D eigenvalue weighted by molar-refractivity contribution is 0.178. The Labute approximate surface area is 116 Å². The van der Waals surface area contributed by atoms with Gasteiger partial charge in [-0.1, -0.05) is 6.42 Å². The molecule has 0 saturated heterocycles. The summed E-state index contributed by atoms with van der Waals surface area (Å²) in [5, 5.41) is 2.10. The molecule has 0 fully saturated rings. The monoisotopic (exact) mass is 296 g/mol. The number of carbonyl (C=O) groups excluding carboxylic acids is 2. The highest BCUT2D eigenvalue weighted by molar-refractivity contribution is 5.36. The maximum atomic E-state index is 11.0. The molecule has 0 aromatic carbocycles. The van der Waals surface area contributed by atoms with E-state index in [1.54, 1.807) is 0 Å². The average Bonchev–Trinajstić information content (AvgIpc) is 2.44. The molecule has 10 heteroatoms. The molecule has 21 heavy (non-hydrogen) atoms. The van der Waals surface area contributed by atoms with Crippen LogP contribution < -0.4 is 16.6 Å². The highest BCUT2D eigenvalue weighted by atomic mass is 16.5. The molecule has 0 saturated carbocycles. The molecule has 112 valence electrons. The molecular weight excluding hydrogens is 284 g/mol. The van der Waals surface area contributed by atoms with Gasteiger partial charge in [-0.15, -0.1) is 4.85 Å². The molecule has 0 spiro atoms. The molecule has 1 aromatic rings. The Morgan fingerprint density at radius 3 is 2.33 bits per heavy atom. The predicted octanol–water partition coefficient (Wildman–Crippen LogP) is -0.952. The number of aromatic nitrogens is 2. The second-order valence-electron chi connectivity index (χ2n) is 4.02. The van der Waals surface area contributed by atoms with Gasteiger partial charge < -0.3 is 4.52 Å². The lowest BCUT2D eigenvalue weighted by Gasteiger charge is -2.04. The summed E-state index contributed by atoms with van der Waals surface area (Å²) in [5.41, 5.74) is -3.50. The van der Waals surface area contributed by atoms with E-state index in [4.69, 9.17) is 0 Å². The second kappa shape index (κ2) is 8.36. The van der Waals surface area contributed by atoms with Gasteiger partial charge in [0, 0.05) is 0 Å². The molecule has 1 heterocycles. The van der Waals surface area contributed by atoms with Crippen LogP contribution in [0.5, 0.6) is 0 Å². The highest BCUT2D eigenvalue weighted by Gasteiger charge is 2.05. The van der Waals surface area contributed by atoms with Gasteiger partial charge in [0.25, 0.3) is 0 Å². The van der Waals surface area contributed by atoms with Gasteiger partial charge in [-0.25, -0.2) is 19.5 Å². The number of H-pyrrole nitrogens is 1. The quantitative estimate of drug-likeness (QED) is 0.283. The molecule has 1 N–H and O–H groups in total. The summed E-state index contributed by atoms with van der Waals surface area (Å²) in [6, 6.07) is 0. The number of nitrogens with zero attached hydrogens (tertiary/aromatic N) is 3. The van der Waals surface area contributed by atoms with Gasteiger partial charge in [0.2, 0.25) is 12.2 Å². The number of rotatable bonds is 8. The SMILES string of the molecule is O=C=NC(CCCCCn1[nH]c(=O)c(=O)c(=O)o1)N=C=O. The van der Waals surface area contributed by atoms with Gasteiger partial charge >= 0.3 is 16.6 Å². The van der Waals surface area contributed by atoms with E-state index in [2.05, 4.69) is 19.6 Å². The number of unbranched alkanes of at least 4 members (excludes halogenated alkanes) is 2. The minimum atomic E-state index is -1.24. The Bertz CT molecular complexity index is 680. The maximum Gasteiger partial charge on any atom is 0.410 e. The third-order valence-electron chi connectivity index (χ3n) is 2.54. The van der Waals surface area contributed by atoms with Crippen LogP contribution in [0.3, 0.4) is 0 Å². The third kappa shape index (κ3) is 5.35. The molecule has 0 aliphatic carbocycles. The van der Waals surface area contributed by atoms with Crippen molar-refractivity contribution in [3.63, 3.8) is 0 Å². The van der Waals surface area contributed by atoms with Gasteiger partial charge in [-0.05, 0) is 19.3 Å². The van der Waals surface area contributed by atoms with Crippen LogP contribution in [0.1, 0.15) is 25.7 Å². The third-order valence-corrected chi connectivity index (χ3v) is 2.54. The lowest BCUT2D eigenvalue weighted by atomic mass is 10.1. The summed E-state index contributed by atoms with van der Waals surface area (Å²) in [7, 11) is 0. The zero-order valence-electron chi connectivity index (χ0n) is 10.9. The van der Waals surface area contributed by atoms with Crippen LogP contribution in [-0.2, 0) is 16.1 Å². The minimum absolute atomic E-state index is 0.198. The van der Waals surface area contributed by atoms with E-state index in [9.17, 15) is 24.0 Å². The van der Waals surface area contributed by atoms with Crippen LogP contribution in [0, 0.1) is 0 Å². The van der Waals surface area contributed by atoms with Crippen molar-refractivity contribution in [1.82, 2.24) is 9.95 Å². The smallest absolute Gasteiger partial charge is 0.316 e. The molecule has 0 aliphatic rings. The molecule has 0 atom stereocenters. The fourth-order valence-corrected chi connectivity index (χ4v) is 1.56. The molecule has 0 amide bonds. The minimum Gasteiger partial charge on any atom is -0.316 e. The van der Waals surface area contributed by atoms with Crippen molar-refractivity contribution in [2.75, 3.05) is 0 Å². The number of isocyanates is 2. The van der Waals surface area contributed by atoms with Gasteiger partial charge in [0.1, 0.15) is 0 Å². The fraction of sp³-hybridized carbons (Fsp3) is 0.545. The number of aryl methyl sites for hydroxylation is 1. The normalized spacial score (nSPS) is 11.2. The molecule has 0 aliphatic heterocycles. The molecule has 0 radical (unpaired) electrons. The zero-order valence-corrected chi connectivity index (χ0v) is 10.9. The van der Waals surface area contributed by atoms with E-state index in [1.807, 2.05) is 0 Å². The first-order valence-corrected chi connectivity index (χ1v) is 6.07. The van der Waals surface area contributed by atoms with E-state index in [0.717, 1.165) is 4.85 Å². The van der Waals surface area contributed by atoms with Crippen molar-refractivity contribution in [2.24, 2.45) is 9.98 Å². The predicted molar refractivity (Wildman–Crippen MR) is 68.4 cm³/mol. The standard InChI is InChI=1S/C11H12N4O6/c16-6-12-8(13-7-17)4-2-1-3-5-15-14-10(19)9(18)11(20)21-15/h8H,1-5H2,(H,14,19). The zero-order chi connectivity index (χ0) is 15.7. The number of hydrogen-bond acceptors (Lipinski definition) is 8. The van der Waals surface area contributed by atoms with Crippen molar-refractivity contribution in [1.29, 1.82) is 0 Å². The molecule has 1 rings (SSSR count). The van der Waals surface area contributed by atoms with E-state index in [1.165, 1.54) is 12.2 Å². The summed E-state index contributed by atoms with van der Waals surface area (Å²) in [4.78, 5) is 60.5. The van der Waals surface area contributed by atoms with Crippen molar-refractivity contribution < 1.29 is 14.1 Å². The van der Waals surface area contributed by atoms with Crippen molar-refractivity contribution >= 4 is 12.2 Å². The molecule has 0 unspecified atom stereocenters. The number of hydrogen-bond donors (Lipinski definition) is 1. The highest BCUT2D eigenvalue weighted by Crippen LogP contribution is 2.07. The van der Waals surface area contributed by atoms with Gasteiger partial charge in [-0.2, -0.15) is 9.98 Å². The van der Waals surface area contributed by atoms with Gasteiger partial charge in [0.05, 0.1) is 6.54 Å². The first-order valence-electron chi connectivity index (χ1n) is 6.07. The molecule has 0 bridgehead atoms. The summed E-state index contributed by atoms with van der Waals surface area (Å²) in [5.74, 6) is 0. The van der Waals surface area contributed by atoms with Crippen LogP contribution in [0.2, 0.25) is 0 Å². The molecular formula is C11H12N4O6. The number of aliphatic imine (C=N–C) groups is 2. The Kier molecular flexibility index (Phi) is 6.46. The summed E-state index contributed by atoms with van der Waals surface area (Å²) >= 11 is 0. The van der Waals surface area contributed by atoms with Crippen LogP contribution in [0.15, 0.2) is 28.9 Å². The fourth-order valence-electron chi connectivity index (χ4n) is 1.56. The lowest BCUT2D eigenvalue weighted by Crippen LogP contribution is -2.42. The summed E-state index contributed by atoms with van der Waals surface area (Å²) in [6.07, 6.45) is 3.98. The molecule has 1 aromatic heterocycles. The van der Waals surface area contributed by atoms with E-state index < -0.39 is 22.8 Å². The van der Waals surface area contributed by atoms with Crippen molar-refractivity contribution in [3.8, 4) is 0 Å². The second-order valence-corrected chi connectivity index (χ2v) is 4.02. The van der Waals surface area contributed by atoms with Crippen molar-refractivity contribution in [3.05, 3.63) is 31.0 Å². The first kappa shape index (κ1) is 16.2. The van der Waals surface area contributed by atoms with Crippen LogP contribution in [0.25, 0.3) is 0 Å². The Hall–Kier alpha value is -2.83. The average molecular weight is 296 g/mol. The molecule has 10 nitrogen and oxygen atoms in total. The Morgan fingerprint density at radius 2 is 1.76 bits per heavy atom. The first-order chi connectivity index (χ1) is 10.1. The van der Waals surface area contributed by atoms with E-state index in [0.29, 0.717) is 25.7 Å². The van der Waals surface area contributed by atoms with Crippen LogP contribution in [0.4, 0.5) is 0 Å².